The van der Waals surface area contributed by atoms with Gasteiger partial charge in [-0.3, -0.25) is 4.79 Å². The first-order chi connectivity index (χ1) is 10.4. The topological polar surface area (TPSA) is 78.5 Å². The molecule has 0 radical (unpaired) electrons. The van der Waals surface area contributed by atoms with E-state index in [0.29, 0.717) is 37.8 Å². The highest BCUT2D eigenvalue weighted by Crippen LogP contribution is 2.22. The Kier molecular flexibility index (Phi) is 8.35. The summed E-state index contributed by atoms with van der Waals surface area (Å²) in [6, 6.07) is 0. The highest BCUT2D eigenvalue weighted by atomic mass is 32.2. The van der Waals surface area contributed by atoms with Gasteiger partial charge in [-0.1, -0.05) is 6.92 Å². The minimum atomic E-state index is -3.12. The van der Waals surface area contributed by atoms with E-state index < -0.39 is 10.0 Å². The fourth-order valence-corrected chi connectivity index (χ4v) is 3.63. The molecule has 2 atom stereocenters. The van der Waals surface area contributed by atoms with Gasteiger partial charge in [-0.25, -0.2) is 12.7 Å². The molecule has 22 heavy (non-hydrogen) atoms. The second-order valence-electron chi connectivity index (χ2n) is 6.21. The number of nitrogens with zero attached hydrogens (tertiary/aromatic N) is 1. The first-order valence-electron chi connectivity index (χ1n) is 8.28. The zero-order valence-electron chi connectivity index (χ0n) is 14.1. The van der Waals surface area contributed by atoms with Crippen molar-refractivity contribution in [1.29, 1.82) is 0 Å². The first kappa shape index (κ1) is 19.4. The second kappa shape index (κ2) is 9.47. The Hall–Kier alpha value is -0.660. The van der Waals surface area contributed by atoms with Crippen molar-refractivity contribution in [3.63, 3.8) is 0 Å². The van der Waals surface area contributed by atoms with Gasteiger partial charge in [-0.2, -0.15) is 0 Å². The number of carbonyl (C=O) groups excluding carboxylic acids is 1. The summed E-state index contributed by atoms with van der Waals surface area (Å²) in [5.41, 5.74) is 0. The molecule has 1 heterocycles. The smallest absolute Gasteiger partial charge is 0.220 e. The van der Waals surface area contributed by atoms with E-state index >= 15 is 0 Å². The molecule has 1 rings (SSSR count). The summed E-state index contributed by atoms with van der Waals surface area (Å²) in [7, 11) is -1.54. The van der Waals surface area contributed by atoms with Gasteiger partial charge in [0.05, 0.1) is 5.75 Å². The van der Waals surface area contributed by atoms with Crippen molar-refractivity contribution in [3.8, 4) is 0 Å². The van der Waals surface area contributed by atoms with E-state index in [2.05, 4.69) is 17.6 Å². The van der Waals surface area contributed by atoms with Crippen LogP contribution in [-0.4, -0.2) is 57.6 Å². The van der Waals surface area contributed by atoms with Gasteiger partial charge < -0.3 is 10.6 Å². The first-order valence-corrected chi connectivity index (χ1v) is 9.89. The van der Waals surface area contributed by atoms with Crippen LogP contribution in [0.1, 0.15) is 39.5 Å². The van der Waals surface area contributed by atoms with Crippen molar-refractivity contribution < 1.29 is 13.2 Å². The van der Waals surface area contributed by atoms with Crippen molar-refractivity contribution in [3.05, 3.63) is 0 Å². The van der Waals surface area contributed by atoms with Gasteiger partial charge in [0, 0.05) is 26.6 Å². The van der Waals surface area contributed by atoms with Gasteiger partial charge in [-0.05, 0) is 51.1 Å². The second-order valence-corrected chi connectivity index (χ2v) is 8.58. The molecular weight excluding hydrogens is 302 g/mol. The Balaban J connectivity index is 2.18. The summed E-state index contributed by atoms with van der Waals surface area (Å²) in [6.45, 7) is 6.84. The third kappa shape index (κ3) is 6.62. The quantitative estimate of drug-likeness (QED) is 0.612. The highest BCUT2D eigenvalue weighted by Gasteiger charge is 2.21. The van der Waals surface area contributed by atoms with Crippen LogP contribution in [0.5, 0.6) is 0 Å². The SMILES string of the molecule is CCS(=O)(=O)N(C)CCCNC(=O)CC(C)C1CCCNC1. The number of rotatable bonds is 9. The zero-order valence-corrected chi connectivity index (χ0v) is 14.9. The Morgan fingerprint density at radius 1 is 1.45 bits per heavy atom. The third-order valence-corrected chi connectivity index (χ3v) is 6.32. The molecule has 0 aromatic rings. The molecule has 0 aliphatic carbocycles. The Bertz CT molecular complexity index is 433. The van der Waals surface area contributed by atoms with Crippen molar-refractivity contribution >= 4 is 15.9 Å². The van der Waals surface area contributed by atoms with Gasteiger partial charge in [0.1, 0.15) is 0 Å². The van der Waals surface area contributed by atoms with Gasteiger partial charge in [0.2, 0.25) is 15.9 Å². The van der Waals surface area contributed by atoms with Gasteiger partial charge in [-0.15, -0.1) is 0 Å². The fraction of sp³-hybridized carbons (Fsp3) is 0.933. The molecule has 2 N–H and O–H groups in total. The zero-order chi connectivity index (χ0) is 16.6. The fourth-order valence-electron chi connectivity index (χ4n) is 2.78. The lowest BCUT2D eigenvalue weighted by atomic mass is 9.85. The maximum Gasteiger partial charge on any atom is 0.220 e. The van der Waals surface area contributed by atoms with Crippen molar-refractivity contribution in [2.45, 2.75) is 39.5 Å². The largest absolute Gasteiger partial charge is 0.356 e. The molecule has 6 nitrogen and oxygen atoms in total. The van der Waals surface area contributed by atoms with Crippen molar-refractivity contribution in [1.82, 2.24) is 14.9 Å². The minimum Gasteiger partial charge on any atom is -0.356 e. The summed E-state index contributed by atoms with van der Waals surface area (Å²) in [5.74, 6) is 1.15. The summed E-state index contributed by atoms with van der Waals surface area (Å²) in [4.78, 5) is 11.9. The van der Waals surface area contributed by atoms with E-state index in [1.807, 2.05) is 0 Å². The lowest BCUT2D eigenvalue weighted by molar-refractivity contribution is -0.122. The van der Waals surface area contributed by atoms with Crippen molar-refractivity contribution in [2.24, 2.45) is 11.8 Å². The summed E-state index contributed by atoms with van der Waals surface area (Å²) in [5, 5.41) is 6.28. The Labute approximate surface area is 135 Å². The molecule has 0 aromatic heterocycles. The molecule has 0 aromatic carbocycles. The number of sulfonamides is 1. The summed E-state index contributed by atoms with van der Waals surface area (Å²) >= 11 is 0. The molecule has 0 spiro atoms. The number of piperidine rings is 1. The average molecular weight is 333 g/mol. The number of carbonyl (C=O) groups is 1. The van der Waals surface area contributed by atoms with Crippen LogP contribution in [0.3, 0.4) is 0 Å². The van der Waals surface area contributed by atoms with Crippen LogP contribution in [0.2, 0.25) is 0 Å². The molecule has 1 saturated heterocycles. The predicted octanol–water partition coefficient (Wildman–Crippen LogP) is 0.800. The lowest BCUT2D eigenvalue weighted by Gasteiger charge is -2.28. The van der Waals surface area contributed by atoms with Gasteiger partial charge in [0.15, 0.2) is 0 Å². The van der Waals surface area contributed by atoms with E-state index in [0.717, 1.165) is 13.1 Å². The Morgan fingerprint density at radius 3 is 2.77 bits per heavy atom. The number of amides is 1. The van der Waals surface area contributed by atoms with Crippen LogP contribution in [0.15, 0.2) is 0 Å². The number of hydrogen-bond acceptors (Lipinski definition) is 4. The molecule has 0 saturated carbocycles. The molecule has 7 heteroatoms. The van der Waals surface area contributed by atoms with Crippen LogP contribution < -0.4 is 10.6 Å². The van der Waals surface area contributed by atoms with Crippen molar-refractivity contribution in [2.75, 3.05) is 39.0 Å². The molecule has 0 bridgehead atoms. The molecule has 1 fully saturated rings. The van der Waals surface area contributed by atoms with Crippen LogP contribution >= 0.6 is 0 Å². The average Bonchev–Trinajstić information content (AvgIpc) is 2.52. The maximum atomic E-state index is 11.9. The minimum absolute atomic E-state index is 0.0686. The number of nitrogens with one attached hydrogen (secondary N) is 2. The van der Waals surface area contributed by atoms with E-state index in [4.69, 9.17) is 0 Å². The maximum absolute atomic E-state index is 11.9. The Morgan fingerprint density at radius 2 is 2.18 bits per heavy atom. The van der Waals surface area contributed by atoms with Gasteiger partial charge in [0.25, 0.3) is 0 Å². The summed E-state index contributed by atoms with van der Waals surface area (Å²) in [6.07, 6.45) is 3.58. The lowest BCUT2D eigenvalue weighted by Crippen LogP contribution is -2.36. The van der Waals surface area contributed by atoms with Crippen LogP contribution in [0.25, 0.3) is 0 Å². The standard InChI is InChI=1S/C15H31N3O3S/c1-4-22(20,21)18(3)10-6-9-17-15(19)11-13(2)14-7-5-8-16-12-14/h13-14,16H,4-12H2,1-3H3,(H,17,19). The molecule has 1 aliphatic rings. The van der Waals surface area contributed by atoms with Crippen LogP contribution in [0, 0.1) is 11.8 Å². The van der Waals surface area contributed by atoms with Gasteiger partial charge >= 0.3 is 0 Å². The monoisotopic (exact) mass is 333 g/mol. The van der Waals surface area contributed by atoms with E-state index in [1.54, 1.807) is 14.0 Å². The molecule has 1 amide bonds. The third-order valence-electron chi connectivity index (χ3n) is 4.46. The van der Waals surface area contributed by atoms with E-state index in [9.17, 15) is 13.2 Å². The molecule has 130 valence electrons. The van der Waals surface area contributed by atoms with Crippen LogP contribution in [0.4, 0.5) is 0 Å². The summed E-state index contributed by atoms with van der Waals surface area (Å²) < 4.78 is 24.5. The normalized spacial score (nSPS) is 20.8. The van der Waals surface area contributed by atoms with E-state index in [-0.39, 0.29) is 11.7 Å². The predicted molar refractivity (Wildman–Crippen MR) is 89.1 cm³/mol. The van der Waals surface area contributed by atoms with Crippen LogP contribution in [-0.2, 0) is 14.8 Å². The molecular formula is C15H31N3O3S. The van der Waals surface area contributed by atoms with E-state index in [1.165, 1.54) is 17.1 Å². The molecule has 1 aliphatic heterocycles. The number of hydrogen-bond donors (Lipinski definition) is 2. The highest BCUT2D eigenvalue weighted by molar-refractivity contribution is 7.89. The molecule has 2 unspecified atom stereocenters.